The molecule has 1 saturated heterocycles. The number of hydrogen-bond acceptors (Lipinski definition) is 5. The van der Waals surface area contributed by atoms with Gasteiger partial charge in [-0.25, -0.2) is 0 Å². The monoisotopic (exact) mass is 454 g/mol. The summed E-state index contributed by atoms with van der Waals surface area (Å²) < 4.78 is 17.1. The molecule has 1 aromatic carbocycles. The van der Waals surface area contributed by atoms with E-state index in [2.05, 4.69) is 41.6 Å². The summed E-state index contributed by atoms with van der Waals surface area (Å²) in [7, 11) is 1.50. The number of methoxy groups -OCH3 is 1. The molecule has 1 N–H and O–H groups in total. The largest absolute Gasteiger partial charge is 0.469 e. The number of rotatable bonds is 8. The molecule has 0 bridgehead atoms. The number of esters is 1. The molecule has 0 aliphatic carbocycles. The molecule has 6 nitrogen and oxygen atoms in total. The Morgan fingerprint density at radius 2 is 2.12 bits per heavy atom. The van der Waals surface area contributed by atoms with Crippen molar-refractivity contribution in [3.63, 3.8) is 0 Å². The number of carbonyl (C=O) groups is 1. The highest BCUT2D eigenvalue weighted by Crippen LogP contribution is 2.37. The fraction of sp³-hybridized carbons (Fsp3) is 0.593. The summed E-state index contributed by atoms with van der Waals surface area (Å²) in [6.07, 6.45) is 6.59. The summed E-state index contributed by atoms with van der Waals surface area (Å²) in [5.74, 6) is 0.175. The van der Waals surface area contributed by atoms with Gasteiger partial charge < -0.3 is 19.2 Å². The van der Waals surface area contributed by atoms with Gasteiger partial charge in [-0.3, -0.25) is 9.69 Å². The van der Waals surface area contributed by atoms with E-state index in [1.807, 2.05) is 12.1 Å². The third-order valence-corrected chi connectivity index (χ3v) is 7.16. The van der Waals surface area contributed by atoms with Crippen LogP contribution in [0.2, 0.25) is 0 Å². The molecule has 0 amide bonds. The molecule has 3 heterocycles. The molecule has 2 aliphatic heterocycles. The van der Waals surface area contributed by atoms with Crippen LogP contribution >= 0.6 is 0 Å². The van der Waals surface area contributed by atoms with E-state index in [-0.39, 0.29) is 18.2 Å². The quantitative estimate of drug-likeness (QED) is 0.465. The number of aromatic amines is 1. The second-order valence-electron chi connectivity index (χ2n) is 9.43. The van der Waals surface area contributed by atoms with Crippen molar-refractivity contribution in [3.8, 4) is 0 Å². The molecule has 0 radical (unpaired) electrons. The van der Waals surface area contributed by atoms with Crippen molar-refractivity contribution in [2.75, 3.05) is 40.0 Å². The number of nitrogens with one attached hydrogen (secondary N) is 1. The molecule has 0 saturated carbocycles. The zero-order valence-electron chi connectivity index (χ0n) is 20.1. The van der Waals surface area contributed by atoms with E-state index in [1.54, 1.807) is 0 Å². The lowest BCUT2D eigenvalue weighted by Crippen LogP contribution is -2.34. The molecule has 33 heavy (non-hydrogen) atoms. The third-order valence-electron chi connectivity index (χ3n) is 7.16. The Morgan fingerprint density at radius 1 is 1.33 bits per heavy atom. The van der Waals surface area contributed by atoms with Gasteiger partial charge in [0, 0.05) is 42.1 Å². The van der Waals surface area contributed by atoms with E-state index in [1.165, 1.54) is 18.1 Å². The van der Waals surface area contributed by atoms with Gasteiger partial charge in [-0.15, -0.1) is 6.58 Å². The lowest BCUT2D eigenvalue weighted by Gasteiger charge is -2.31. The summed E-state index contributed by atoms with van der Waals surface area (Å²) >= 11 is 0. The van der Waals surface area contributed by atoms with E-state index >= 15 is 0 Å². The van der Waals surface area contributed by atoms with Crippen molar-refractivity contribution in [1.29, 1.82) is 0 Å². The van der Waals surface area contributed by atoms with Crippen LogP contribution in [0.25, 0.3) is 10.9 Å². The minimum Gasteiger partial charge on any atom is -0.469 e. The molecule has 3 atom stereocenters. The predicted molar refractivity (Wildman–Crippen MR) is 130 cm³/mol. The fourth-order valence-corrected chi connectivity index (χ4v) is 5.73. The number of nitrogens with zero attached hydrogens (tertiary/aromatic N) is 1. The van der Waals surface area contributed by atoms with Crippen molar-refractivity contribution in [2.24, 2.45) is 11.8 Å². The maximum Gasteiger partial charge on any atom is 0.314 e. The second kappa shape index (κ2) is 11.3. The van der Waals surface area contributed by atoms with Crippen LogP contribution < -0.4 is 0 Å². The van der Waals surface area contributed by atoms with Crippen LogP contribution in [0, 0.1) is 11.8 Å². The van der Waals surface area contributed by atoms with Gasteiger partial charge in [-0.1, -0.05) is 37.6 Å². The van der Waals surface area contributed by atoms with Crippen LogP contribution in [-0.4, -0.2) is 62.1 Å². The van der Waals surface area contributed by atoms with Gasteiger partial charge >= 0.3 is 5.97 Å². The molecular formula is C27H38N2O4. The Hall–Kier alpha value is -2.15. The molecule has 2 aromatic rings. The Labute approximate surface area is 197 Å². The molecule has 2 aliphatic rings. The number of carbonyl (C=O) groups excluding carboxylic acids is 1. The summed E-state index contributed by atoms with van der Waals surface area (Å²) in [4.78, 5) is 19.1. The van der Waals surface area contributed by atoms with Gasteiger partial charge in [-0.2, -0.15) is 0 Å². The number of aromatic nitrogens is 1. The Balaban J connectivity index is 1.69. The highest BCUT2D eigenvalue weighted by molar-refractivity contribution is 5.88. The van der Waals surface area contributed by atoms with E-state index in [9.17, 15) is 4.79 Å². The summed E-state index contributed by atoms with van der Waals surface area (Å²) in [6, 6.07) is 8.35. The molecule has 0 spiro atoms. The molecular weight excluding hydrogens is 416 g/mol. The van der Waals surface area contributed by atoms with Gasteiger partial charge in [0.1, 0.15) is 0 Å². The van der Waals surface area contributed by atoms with Crippen LogP contribution in [0.5, 0.6) is 0 Å². The van der Waals surface area contributed by atoms with Crippen molar-refractivity contribution in [3.05, 3.63) is 48.2 Å². The standard InChI is InChI=1S/C27H38N2O4/c1-4-8-20(27-32-14-15-33-27)16-19-17-23(26(30)31-3)25-22(11-13-29(18-19)12-5-2)21-9-6-7-10-24(21)28-25/h5-7,9-10,19-20,23,27-28H,2,4,8,11-18H2,1,3H3/t19-,20?,23?/m1/s1. The Kier molecular flexibility index (Phi) is 8.23. The minimum atomic E-state index is -0.307. The van der Waals surface area contributed by atoms with E-state index < -0.39 is 0 Å². The minimum absolute atomic E-state index is 0.134. The van der Waals surface area contributed by atoms with Gasteiger partial charge in [0.25, 0.3) is 0 Å². The molecule has 6 heteroatoms. The molecule has 4 rings (SSSR count). The lowest BCUT2D eigenvalue weighted by atomic mass is 9.83. The van der Waals surface area contributed by atoms with E-state index in [0.717, 1.165) is 62.9 Å². The second-order valence-corrected chi connectivity index (χ2v) is 9.43. The average molecular weight is 455 g/mol. The third kappa shape index (κ3) is 5.51. The molecule has 2 unspecified atom stereocenters. The number of para-hydroxylation sites is 1. The fourth-order valence-electron chi connectivity index (χ4n) is 5.73. The zero-order valence-corrected chi connectivity index (χ0v) is 20.1. The lowest BCUT2D eigenvalue weighted by molar-refractivity contribution is -0.143. The average Bonchev–Trinajstić information content (AvgIpc) is 3.48. The molecule has 1 fully saturated rings. The van der Waals surface area contributed by atoms with Crippen molar-refractivity contribution >= 4 is 16.9 Å². The zero-order chi connectivity index (χ0) is 23.2. The number of fused-ring (bicyclic) bond motifs is 3. The topological polar surface area (TPSA) is 63.8 Å². The van der Waals surface area contributed by atoms with Gasteiger partial charge in [0.15, 0.2) is 6.29 Å². The number of H-pyrrole nitrogens is 1. The first kappa shape index (κ1) is 24.0. The first-order valence-electron chi connectivity index (χ1n) is 12.4. The maximum atomic E-state index is 13.1. The van der Waals surface area contributed by atoms with Crippen LogP contribution in [0.4, 0.5) is 0 Å². The molecule has 180 valence electrons. The number of ether oxygens (including phenoxy) is 3. The highest BCUT2D eigenvalue weighted by Gasteiger charge is 2.35. The predicted octanol–water partition coefficient (Wildman–Crippen LogP) is 4.65. The normalized spacial score (nSPS) is 23.5. The van der Waals surface area contributed by atoms with Crippen molar-refractivity contribution in [1.82, 2.24) is 9.88 Å². The maximum absolute atomic E-state index is 13.1. The Morgan fingerprint density at radius 3 is 2.85 bits per heavy atom. The van der Waals surface area contributed by atoms with E-state index in [4.69, 9.17) is 14.2 Å². The summed E-state index contributed by atoms with van der Waals surface area (Å²) in [5.41, 5.74) is 3.35. The van der Waals surface area contributed by atoms with Crippen LogP contribution in [-0.2, 0) is 25.4 Å². The Bertz CT molecular complexity index is 933. The van der Waals surface area contributed by atoms with Crippen LogP contribution in [0.3, 0.4) is 0 Å². The summed E-state index contributed by atoms with van der Waals surface area (Å²) in [6.45, 7) is 10.2. The van der Waals surface area contributed by atoms with Gasteiger partial charge in [0.2, 0.25) is 0 Å². The van der Waals surface area contributed by atoms with Crippen molar-refractivity contribution in [2.45, 2.75) is 51.2 Å². The summed E-state index contributed by atoms with van der Waals surface area (Å²) in [5, 5.41) is 1.20. The van der Waals surface area contributed by atoms with Gasteiger partial charge in [0.05, 0.1) is 26.2 Å². The highest BCUT2D eigenvalue weighted by atomic mass is 16.7. The van der Waals surface area contributed by atoms with Crippen LogP contribution in [0.1, 0.15) is 49.8 Å². The first-order chi connectivity index (χ1) is 16.1. The van der Waals surface area contributed by atoms with Crippen molar-refractivity contribution < 1.29 is 19.0 Å². The van der Waals surface area contributed by atoms with E-state index in [0.29, 0.717) is 25.0 Å². The number of hydrogen-bond donors (Lipinski definition) is 1. The van der Waals surface area contributed by atoms with Gasteiger partial charge in [-0.05, 0) is 43.2 Å². The smallest absolute Gasteiger partial charge is 0.314 e. The number of benzene rings is 1. The van der Waals surface area contributed by atoms with Crippen LogP contribution in [0.15, 0.2) is 36.9 Å². The molecule has 1 aromatic heterocycles. The SMILES string of the molecule is C=CCN1CCc2c([nH]c3ccccc23)C(C(=O)OC)C[C@@H](CC(CCC)C2OCCO2)C1. The first-order valence-corrected chi connectivity index (χ1v) is 12.4.